The molecule has 1 rings (SSSR count). The molecule has 4 heteroatoms. The van der Waals surface area contributed by atoms with Crippen molar-refractivity contribution in [3.05, 3.63) is 35.4 Å². The molecule has 0 atom stereocenters. The Hall–Kier alpha value is -1.45. The number of hydrogen-bond acceptors (Lipinski definition) is 1. The van der Waals surface area contributed by atoms with Gasteiger partial charge in [-0.05, 0) is 18.2 Å². The summed E-state index contributed by atoms with van der Waals surface area (Å²) in [6, 6.07) is 3.29. The second-order valence-electron chi connectivity index (χ2n) is 2.90. The largest absolute Gasteiger partial charge is 0.387 e. The highest BCUT2D eigenvalue weighted by Gasteiger charge is 2.02. The molecule has 2 nitrogen and oxygen atoms in total. The Bertz CT molecular complexity index is 348. The molecule has 0 radical (unpaired) electrons. The van der Waals surface area contributed by atoms with E-state index in [9.17, 15) is 8.78 Å². The summed E-state index contributed by atoms with van der Waals surface area (Å²) in [7, 11) is 0. The van der Waals surface area contributed by atoms with Crippen LogP contribution in [0.4, 0.5) is 8.78 Å². The van der Waals surface area contributed by atoms with Crippen molar-refractivity contribution in [3.63, 3.8) is 0 Å². The molecule has 0 unspecified atom stereocenters. The van der Waals surface area contributed by atoms with Gasteiger partial charge in [-0.2, -0.15) is 0 Å². The van der Waals surface area contributed by atoms with Crippen LogP contribution in [0.5, 0.6) is 0 Å². The number of nitrogens with two attached hydrogens (primary N) is 1. The Morgan fingerprint density at radius 2 is 2.14 bits per heavy atom. The van der Waals surface area contributed by atoms with Crippen LogP contribution in [0, 0.1) is 11.6 Å². The van der Waals surface area contributed by atoms with Crippen molar-refractivity contribution < 1.29 is 8.78 Å². The van der Waals surface area contributed by atoms with Gasteiger partial charge in [0.2, 0.25) is 0 Å². The van der Waals surface area contributed by atoms with Gasteiger partial charge in [0.05, 0.1) is 12.4 Å². The van der Waals surface area contributed by atoms with Gasteiger partial charge in [-0.25, -0.2) is 8.78 Å². The fourth-order valence-corrected chi connectivity index (χ4v) is 0.963. The summed E-state index contributed by atoms with van der Waals surface area (Å²) in [6.45, 7) is 1.93. The summed E-state index contributed by atoms with van der Waals surface area (Å²) in [6.07, 6.45) is 0.608. The summed E-state index contributed by atoms with van der Waals surface area (Å²) in [5.74, 6) is -0.487. The summed E-state index contributed by atoms with van der Waals surface area (Å²) < 4.78 is 25.8. The molecule has 0 heterocycles. The number of benzene rings is 1. The third-order valence-corrected chi connectivity index (χ3v) is 1.82. The normalized spacial score (nSPS) is 11.8. The van der Waals surface area contributed by atoms with E-state index in [2.05, 4.69) is 4.99 Å². The van der Waals surface area contributed by atoms with E-state index in [0.717, 1.165) is 18.2 Å². The first kappa shape index (κ1) is 10.6. The average Bonchev–Trinajstić information content (AvgIpc) is 2.19. The van der Waals surface area contributed by atoms with Crippen LogP contribution in [0.1, 0.15) is 18.9 Å². The minimum Gasteiger partial charge on any atom is -0.387 e. The standard InChI is InChI=1S/C10H12F2N2/c1-2-10(13)14-6-7-5-8(11)3-4-9(7)12/h3-5H,2,6H2,1H3,(H2,13,14). The number of amidine groups is 1. The average molecular weight is 198 g/mol. The third kappa shape index (κ3) is 2.80. The van der Waals surface area contributed by atoms with Gasteiger partial charge in [0.15, 0.2) is 0 Å². The van der Waals surface area contributed by atoms with Crippen LogP contribution in [0.2, 0.25) is 0 Å². The van der Waals surface area contributed by atoms with Crippen molar-refractivity contribution in [1.29, 1.82) is 0 Å². The molecule has 0 aliphatic carbocycles. The molecule has 2 N–H and O–H groups in total. The summed E-state index contributed by atoms with van der Waals surface area (Å²) in [5, 5.41) is 0. The Morgan fingerprint density at radius 1 is 1.43 bits per heavy atom. The van der Waals surface area contributed by atoms with E-state index in [4.69, 9.17) is 5.73 Å². The molecule has 0 bridgehead atoms. The number of hydrogen-bond donors (Lipinski definition) is 1. The molecular weight excluding hydrogens is 186 g/mol. The van der Waals surface area contributed by atoms with Crippen LogP contribution < -0.4 is 5.73 Å². The minimum atomic E-state index is -0.466. The van der Waals surface area contributed by atoms with Gasteiger partial charge >= 0.3 is 0 Å². The predicted molar refractivity (Wildman–Crippen MR) is 52.0 cm³/mol. The van der Waals surface area contributed by atoms with E-state index in [0.29, 0.717) is 12.3 Å². The number of aliphatic imine (C=N–C) groups is 1. The van der Waals surface area contributed by atoms with Crippen molar-refractivity contribution in [2.24, 2.45) is 10.7 Å². The highest BCUT2D eigenvalue weighted by atomic mass is 19.1. The fourth-order valence-electron chi connectivity index (χ4n) is 0.963. The quantitative estimate of drug-likeness (QED) is 0.587. The lowest BCUT2D eigenvalue weighted by Gasteiger charge is -2.00. The lowest BCUT2D eigenvalue weighted by atomic mass is 10.2. The molecule has 76 valence electrons. The van der Waals surface area contributed by atoms with Crippen LogP contribution in [-0.4, -0.2) is 5.84 Å². The van der Waals surface area contributed by atoms with Crippen molar-refractivity contribution in [1.82, 2.24) is 0 Å². The Kier molecular flexibility index (Phi) is 3.56. The number of halogens is 2. The molecule has 0 aliphatic heterocycles. The van der Waals surface area contributed by atoms with E-state index in [1.165, 1.54) is 0 Å². The summed E-state index contributed by atoms with van der Waals surface area (Å²) in [5.41, 5.74) is 5.67. The highest BCUT2D eigenvalue weighted by molar-refractivity contribution is 5.79. The Labute approximate surface area is 81.5 Å². The monoisotopic (exact) mass is 198 g/mol. The number of nitrogens with zero attached hydrogens (tertiary/aromatic N) is 1. The zero-order chi connectivity index (χ0) is 10.6. The molecule has 14 heavy (non-hydrogen) atoms. The summed E-state index contributed by atoms with van der Waals surface area (Å²) in [4.78, 5) is 3.90. The first-order valence-electron chi connectivity index (χ1n) is 4.36. The maximum Gasteiger partial charge on any atom is 0.128 e. The van der Waals surface area contributed by atoms with Gasteiger partial charge in [-0.1, -0.05) is 6.92 Å². The second kappa shape index (κ2) is 4.69. The molecule has 0 spiro atoms. The summed E-state index contributed by atoms with van der Waals surface area (Å²) >= 11 is 0. The van der Waals surface area contributed by atoms with Crippen LogP contribution in [0.25, 0.3) is 0 Å². The van der Waals surface area contributed by atoms with E-state index in [1.54, 1.807) is 0 Å². The highest BCUT2D eigenvalue weighted by Crippen LogP contribution is 2.10. The van der Waals surface area contributed by atoms with Crippen molar-refractivity contribution >= 4 is 5.84 Å². The second-order valence-corrected chi connectivity index (χ2v) is 2.90. The molecular formula is C10H12F2N2. The van der Waals surface area contributed by atoms with Gasteiger partial charge < -0.3 is 5.73 Å². The zero-order valence-electron chi connectivity index (χ0n) is 7.93. The van der Waals surface area contributed by atoms with Crippen molar-refractivity contribution in [3.8, 4) is 0 Å². The molecule has 0 fully saturated rings. The number of rotatable bonds is 3. The molecule has 0 aliphatic rings. The Morgan fingerprint density at radius 3 is 2.79 bits per heavy atom. The Balaban J connectivity index is 2.81. The molecule has 0 saturated carbocycles. The van der Waals surface area contributed by atoms with Gasteiger partial charge in [0.25, 0.3) is 0 Å². The molecule has 0 saturated heterocycles. The van der Waals surface area contributed by atoms with Crippen LogP contribution in [-0.2, 0) is 6.54 Å². The maximum absolute atomic E-state index is 13.0. The molecule has 0 amide bonds. The first-order chi connectivity index (χ1) is 6.63. The lowest BCUT2D eigenvalue weighted by molar-refractivity contribution is 0.586. The van der Waals surface area contributed by atoms with Crippen molar-refractivity contribution in [2.45, 2.75) is 19.9 Å². The molecule has 1 aromatic rings. The van der Waals surface area contributed by atoms with Crippen LogP contribution in [0.15, 0.2) is 23.2 Å². The van der Waals surface area contributed by atoms with E-state index >= 15 is 0 Å². The SMILES string of the molecule is CCC(N)=NCc1cc(F)ccc1F. The van der Waals surface area contributed by atoms with Crippen LogP contribution >= 0.6 is 0 Å². The predicted octanol–water partition coefficient (Wildman–Crippen LogP) is 2.23. The minimum absolute atomic E-state index is 0.0866. The van der Waals surface area contributed by atoms with Crippen LogP contribution in [0.3, 0.4) is 0 Å². The van der Waals surface area contributed by atoms with E-state index in [-0.39, 0.29) is 12.1 Å². The van der Waals surface area contributed by atoms with Gasteiger partial charge in [-0.3, -0.25) is 4.99 Å². The molecule has 1 aromatic carbocycles. The maximum atomic E-state index is 13.0. The van der Waals surface area contributed by atoms with Gasteiger partial charge in [-0.15, -0.1) is 0 Å². The fraction of sp³-hybridized carbons (Fsp3) is 0.300. The van der Waals surface area contributed by atoms with E-state index < -0.39 is 11.6 Å². The van der Waals surface area contributed by atoms with Crippen molar-refractivity contribution in [2.75, 3.05) is 0 Å². The van der Waals surface area contributed by atoms with Gasteiger partial charge in [0, 0.05) is 12.0 Å². The zero-order valence-corrected chi connectivity index (χ0v) is 7.93. The first-order valence-corrected chi connectivity index (χ1v) is 4.36. The molecule has 0 aromatic heterocycles. The van der Waals surface area contributed by atoms with Gasteiger partial charge in [0.1, 0.15) is 11.6 Å². The van der Waals surface area contributed by atoms with E-state index in [1.807, 2.05) is 6.92 Å². The topological polar surface area (TPSA) is 38.4 Å². The third-order valence-electron chi connectivity index (χ3n) is 1.82. The smallest absolute Gasteiger partial charge is 0.128 e. The lowest BCUT2D eigenvalue weighted by Crippen LogP contribution is -2.10.